The highest BCUT2D eigenvalue weighted by Gasteiger charge is 2.22. The van der Waals surface area contributed by atoms with E-state index in [1.54, 1.807) is 25.1 Å². The van der Waals surface area contributed by atoms with Crippen LogP contribution in [0.3, 0.4) is 0 Å². The standard InChI is InChI=1S/C23H22FNO3S/c1-3-28-23(27)19-14-20(15(2)17-7-5-4-6-8-17)29-22(19)25-21(26)13-16-9-11-18(24)12-10-16/h4-12,14-15H,3,13H2,1-2H3,(H,25,26). The molecular formula is C23H22FNO3S. The van der Waals surface area contributed by atoms with Gasteiger partial charge in [-0.05, 0) is 36.2 Å². The quantitative estimate of drug-likeness (QED) is 0.530. The summed E-state index contributed by atoms with van der Waals surface area (Å²) in [5.74, 6) is -1.02. The van der Waals surface area contributed by atoms with Crippen LogP contribution >= 0.6 is 11.3 Å². The number of carbonyl (C=O) groups is 2. The summed E-state index contributed by atoms with van der Waals surface area (Å²) in [5, 5.41) is 3.29. The normalized spacial score (nSPS) is 11.7. The largest absolute Gasteiger partial charge is 0.462 e. The fourth-order valence-electron chi connectivity index (χ4n) is 2.94. The number of thiophene rings is 1. The highest BCUT2D eigenvalue weighted by atomic mass is 32.1. The van der Waals surface area contributed by atoms with Gasteiger partial charge in [0.2, 0.25) is 5.91 Å². The lowest BCUT2D eigenvalue weighted by molar-refractivity contribution is -0.115. The first-order chi connectivity index (χ1) is 14.0. The molecule has 1 N–H and O–H groups in total. The van der Waals surface area contributed by atoms with Crippen molar-refractivity contribution in [1.29, 1.82) is 0 Å². The Kier molecular flexibility index (Phi) is 6.77. The van der Waals surface area contributed by atoms with Crippen molar-refractivity contribution in [1.82, 2.24) is 0 Å². The third-order valence-corrected chi connectivity index (χ3v) is 5.74. The molecule has 3 rings (SSSR count). The SMILES string of the molecule is CCOC(=O)c1cc(C(C)c2ccccc2)sc1NC(=O)Cc1ccc(F)cc1. The summed E-state index contributed by atoms with van der Waals surface area (Å²) in [6.45, 7) is 4.05. The van der Waals surface area contributed by atoms with Crippen LogP contribution in [0.1, 0.15) is 46.1 Å². The number of halogens is 1. The molecule has 0 saturated heterocycles. The molecule has 2 aromatic carbocycles. The van der Waals surface area contributed by atoms with Crippen LogP contribution in [-0.2, 0) is 16.0 Å². The van der Waals surface area contributed by atoms with Gasteiger partial charge in [-0.3, -0.25) is 4.79 Å². The van der Waals surface area contributed by atoms with E-state index in [2.05, 4.69) is 12.2 Å². The minimum absolute atomic E-state index is 0.0668. The zero-order valence-electron chi connectivity index (χ0n) is 16.3. The van der Waals surface area contributed by atoms with Gasteiger partial charge in [0, 0.05) is 10.8 Å². The van der Waals surface area contributed by atoms with Crippen LogP contribution in [0.4, 0.5) is 9.39 Å². The van der Waals surface area contributed by atoms with Gasteiger partial charge in [0.05, 0.1) is 18.6 Å². The fourth-order valence-corrected chi connectivity index (χ4v) is 4.08. The number of rotatable bonds is 7. The molecule has 6 heteroatoms. The maximum absolute atomic E-state index is 13.1. The molecule has 0 spiro atoms. The summed E-state index contributed by atoms with van der Waals surface area (Å²) in [7, 11) is 0. The first-order valence-corrected chi connectivity index (χ1v) is 10.2. The second-order valence-electron chi connectivity index (χ2n) is 6.60. The van der Waals surface area contributed by atoms with Crippen molar-refractivity contribution in [2.75, 3.05) is 11.9 Å². The Balaban J connectivity index is 1.83. The Bertz CT molecular complexity index is 983. The van der Waals surface area contributed by atoms with E-state index in [1.165, 1.54) is 23.5 Å². The summed E-state index contributed by atoms with van der Waals surface area (Å²) in [6, 6.07) is 17.5. The number of hydrogen-bond donors (Lipinski definition) is 1. The molecule has 1 atom stereocenters. The van der Waals surface area contributed by atoms with Crippen molar-refractivity contribution in [3.8, 4) is 0 Å². The lowest BCUT2D eigenvalue weighted by atomic mass is 9.99. The van der Waals surface area contributed by atoms with E-state index in [0.717, 1.165) is 10.4 Å². The van der Waals surface area contributed by atoms with Gasteiger partial charge in [0.1, 0.15) is 10.8 Å². The molecule has 1 amide bonds. The predicted molar refractivity (Wildman–Crippen MR) is 113 cm³/mol. The smallest absolute Gasteiger partial charge is 0.341 e. The van der Waals surface area contributed by atoms with E-state index >= 15 is 0 Å². The molecule has 0 fully saturated rings. The number of nitrogens with one attached hydrogen (secondary N) is 1. The molecule has 0 aliphatic heterocycles. The fraction of sp³-hybridized carbons (Fsp3) is 0.217. The second kappa shape index (κ2) is 9.47. The van der Waals surface area contributed by atoms with Gasteiger partial charge in [-0.2, -0.15) is 0 Å². The maximum Gasteiger partial charge on any atom is 0.341 e. The van der Waals surface area contributed by atoms with E-state index in [-0.39, 0.29) is 30.7 Å². The van der Waals surface area contributed by atoms with Crippen molar-refractivity contribution in [3.05, 3.63) is 88.0 Å². The second-order valence-corrected chi connectivity index (χ2v) is 7.68. The van der Waals surface area contributed by atoms with Crippen LogP contribution in [0.5, 0.6) is 0 Å². The molecule has 0 bridgehead atoms. The predicted octanol–water partition coefficient (Wildman–Crippen LogP) is 5.40. The number of anilines is 1. The molecule has 0 radical (unpaired) electrons. The van der Waals surface area contributed by atoms with E-state index in [9.17, 15) is 14.0 Å². The Hall–Kier alpha value is -2.99. The molecule has 4 nitrogen and oxygen atoms in total. The summed E-state index contributed by atoms with van der Waals surface area (Å²) in [6.07, 6.45) is 0.0873. The van der Waals surface area contributed by atoms with E-state index in [4.69, 9.17) is 4.74 Å². The first kappa shape index (κ1) is 20.7. The third kappa shape index (κ3) is 5.29. The van der Waals surface area contributed by atoms with E-state index < -0.39 is 5.97 Å². The van der Waals surface area contributed by atoms with Crippen LogP contribution in [-0.4, -0.2) is 18.5 Å². The molecule has 1 unspecified atom stereocenters. The number of benzene rings is 2. The molecule has 1 aromatic heterocycles. The third-order valence-electron chi connectivity index (χ3n) is 4.50. The highest BCUT2D eigenvalue weighted by molar-refractivity contribution is 7.16. The van der Waals surface area contributed by atoms with Crippen molar-refractivity contribution < 1.29 is 18.7 Å². The van der Waals surface area contributed by atoms with Crippen LogP contribution in [0.15, 0.2) is 60.7 Å². The minimum Gasteiger partial charge on any atom is -0.462 e. The van der Waals surface area contributed by atoms with Gasteiger partial charge in [-0.25, -0.2) is 9.18 Å². The molecule has 0 aliphatic carbocycles. The summed E-state index contributed by atoms with van der Waals surface area (Å²) in [5.41, 5.74) is 2.16. The van der Waals surface area contributed by atoms with E-state index in [1.807, 2.05) is 30.3 Å². The van der Waals surface area contributed by atoms with Gasteiger partial charge in [-0.1, -0.05) is 49.4 Å². The number of amides is 1. The topological polar surface area (TPSA) is 55.4 Å². The molecule has 3 aromatic rings. The number of carbonyl (C=O) groups excluding carboxylic acids is 2. The van der Waals surface area contributed by atoms with Crippen LogP contribution in [0.25, 0.3) is 0 Å². The lowest BCUT2D eigenvalue weighted by Crippen LogP contribution is -2.16. The number of hydrogen-bond acceptors (Lipinski definition) is 4. The number of ether oxygens (including phenoxy) is 1. The Labute approximate surface area is 173 Å². The van der Waals surface area contributed by atoms with Gasteiger partial charge in [0.25, 0.3) is 0 Å². The summed E-state index contributed by atoms with van der Waals surface area (Å²) in [4.78, 5) is 25.9. The van der Waals surface area contributed by atoms with Gasteiger partial charge >= 0.3 is 5.97 Å². The van der Waals surface area contributed by atoms with Crippen molar-refractivity contribution in [2.24, 2.45) is 0 Å². The Morgan fingerprint density at radius 1 is 1.10 bits per heavy atom. The monoisotopic (exact) mass is 411 g/mol. The zero-order valence-corrected chi connectivity index (χ0v) is 17.1. The minimum atomic E-state index is -0.465. The first-order valence-electron chi connectivity index (χ1n) is 9.38. The van der Waals surface area contributed by atoms with Crippen molar-refractivity contribution in [3.63, 3.8) is 0 Å². The van der Waals surface area contributed by atoms with Crippen LogP contribution in [0, 0.1) is 5.82 Å². The molecule has 1 heterocycles. The van der Waals surface area contributed by atoms with Gasteiger partial charge in [0.15, 0.2) is 0 Å². The molecule has 0 aliphatic rings. The van der Waals surface area contributed by atoms with Gasteiger partial charge < -0.3 is 10.1 Å². The van der Waals surface area contributed by atoms with Crippen LogP contribution in [0.2, 0.25) is 0 Å². The molecular weight excluding hydrogens is 389 g/mol. The summed E-state index contributed by atoms with van der Waals surface area (Å²) >= 11 is 1.37. The van der Waals surface area contributed by atoms with Crippen molar-refractivity contribution >= 4 is 28.2 Å². The average Bonchev–Trinajstić information content (AvgIpc) is 3.13. The zero-order chi connectivity index (χ0) is 20.8. The van der Waals surface area contributed by atoms with E-state index in [0.29, 0.717) is 16.1 Å². The highest BCUT2D eigenvalue weighted by Crippen LogP contribution is 2.36. The molecule has 0 saturated carbocycles. The molecule has 29 heavy (non-hydrogen) atoms. The summed E-state index contributed by atoms with van der Waals surface area (Å²) < 4.78 is 18.2. The van der Waals surface area contributed by atoms with Gasteiger partial charge in [-0.15, -0.1) is 11.3 Å². The number of esters is 1. The Morgan fingerprint density at radius 3 is 2.45 bits per heavy atom. The van der Waals surface area contributed by atoms with Crippen molar-refractivity contribution in [2.45, 2.75) is 26.2 Å². The maximum atomic E-state index is 13.1. The van der Waals surface area contributed by atoms with Crippen LogP contribution < -0.4 is 5.32 Å². The Morgan fingerprint density at radius 2 is 1.79 bits per heavy atom. The molecule has 150 valence electrons. The average molecular weight is 411 g/mol. The lowest BCUT2D eigenvalue weighted by Gasteiger charge is -2.09.